The van der Waals surface area contributed by atoms with Gasteiger partial charge in [0, 0.05) is 5.69 Å². The smallest absolute Gasteiger partial charge is 0.340 e. The number of aliphatic hydroxyl groups is 4. The number of nitrogen functional groups attached to an aromatic ring is 1. The van der Waals surface area contributed by atoms with Gasteiger partial charge in [-0.1, -0.05) is 0 Å². The first kappa shape index (κ1) is 15.7. The second kappa shape index (κ2) is 6.37. The van der Waals surface area contributed by atoms with Gasteiger partial charge in [0.05, 0.1) is 12.2 Å². The zero-order valence-electron chi connectivity index (χ0n) is 11.0. The molecule has 0 aliphatic carbocycles. The Kier molecular flexibility index (Phi) is 4.76. The molecule has 1 unspecified atom stereocenters. The molecule has 1 aromatic carbocycles. The number of ether oxygens (including phenoxy) is 2. The van der Waals surface area contributed by atoms with Gasteiger partial charge in [-0.25, -0.2) is 4.79 Å². The second-order valence-corrected chi connectivity index (χ2v) is 4.72. The molecule has 0 amide bonds. The van der Waals surface area contributed by atoms with E-state index < -0.39 is 43.3 Å². The maximum Gasteiger partial charge on any atom is 0.340 e. The van der Waals surface area contributed by atoms with Crippen LogP contribution in [0.1, 0.15) is 10.4 Å². The third-order valence-electron chi connectivity index (χ3n) is 3.22. The Labute approximate surface area is 120 Å². The summed E-state index contributed by atoms with van der Waals surface area (Å²) in [5.74, 6) is -0.792. The first-order valence-electron chi connectivity index (χ1n) is 6.31. The molecule has 1 aliphatic rings. The summed E-state index contributed by atoms with van der Waals surface area (Å²) in [6.07, 6.45) is -7.35. The van der Waals surface area contributed by atoms with Gasteiger partial charge in [0.1, 0.15) is 24.4 Å². The lowest BCUT2D eigenvalue weighted by Crippen LogP contribution is -2.59. The second-order valence-electron chi connectivity index (χ2n) is 4.72. The van der Waals surface area contributed by atoms with Crippen molar-refractivity contribution < 1.29 is 34.7 Å². The van der Waals surface area contributed by atoms with Crippen molar-refractivity contribution in [3.63, 3.8) is 0 Å². The van der Waals surface area contributed by atoms with Crippen molar-refractivity contribution >= 4 is 11.7 Å². The molecule has 0 radical (unpaired) electrons. The van der Waals surface area contributed by atoms with E-state index in [-0.39, 0.29) is 5.56 Å². The fourth-order valence-electron chi connectivity index (χ4n) is 1.96. The number of carbonyl (C=O) groups is 1. The van der Waals surface area contributed by atoms with Crippen LogP contribution >= 0.6 is 0 Å². The lowest BCUT2D eigenvalue weighted by molar-refractivity contribution is -0.285. The topological polar surface area (TPSA) is 142 Å². The molecule has 1 saturated heterocycles. The Balaban J connectivity index is 2.07. The van der Waals surface area contributed by atoms with Gasteiger partial charge in [0.2, 0.25) is 6.29 Å². The fraction of sp³-hybridized carbons (Fsp3) is 0.462. The van der Waals surface area contributed by atoms with E-state index in [1.807, 2.05) is 0 Å². The molecular formula is C13H17NO7. The summed E-state index contributed by atoms with van der Waals surface area (Å²) in [4.78, 5) is 11.9. The summed E-state index contributed by atoms with van der Waals surface area (Å²) in [5.41, 5.74) is 6.15. The summed E-state index contributed by atoms with van der Waals surface area (Å²) in [6, 6.07) is 5.87. The van der Waals surface area contributed by atoms with Crippen LogP contribution < -0.4 is 5.73 Å². The first-order chi connectivity index (χ1) is 9.93. The molecule has 1 heterocycles. The van der Waals surface area contributed by atoms with Crippen molar-refractivity contribution in [3.8, 4) is 0 Å². The Morgan fingerprint density at radius 3 is 2.33 bits per heavy atom. The van der Waals surface area contributed by atoms with Crippen molar-refractivity contribution in [2.45, 2.75) is 30.7 Å². The lowest BCUT2D eigenvalue weighted by Gasteiger charge is -2.39. The van der Waals surface area contributed by atoms with Crippen LogP contribution in [-0.2, 0) is 9.47 Å². The summed E-state index contributed by atoms with van der Waals surface area (Å²) in [5, 5.41) is 38.0. The van der Waals surface area contributed by atoms with Gasteiger partial charge in [-0.15, -0.1) is 0 Å². The Hall–Kier alpha value is -1.71. The number of hydrogen-bond donors (Lipinski definition) is 5. The average Bonchev–Trinajstić information content (AvgIpc) is 2.48. The lowest BCUT2D eigenvalue weighted by atomic mass is 9.99. The quantitative estimate of drug-likeness (QED) is 0.326. The molecule has 0 spiro atoms. The van der Waals surface area contributed by atoms with Gasteiger partial charge in [-0.05, 0) is 24.3 Å². The van der Waals surface area contributed by atoms with Crippen LogP contribution in [-0.4, -0.2) is 63.7 Å². The van der Waals surface area contributed by atoms with E-state index in [4.69, 9.17) is 20.3 Å². The molecule has 0 bridgehead atoms. The molecule has 1 fully saturated rings. The largest absolute Gasteiger partial charge is 0.429 e. The maximum atomic E-state index is 11.9. The molecule has 5 atom stereocenters. The van der Waals surface area contributed by atoms with Crippen LogP contribution in [0.3, 0.4) is 0 Å². The van der Waals surface area contributed by atoms with Gasteiger partial charge in [-0.3, -0.25) is 0 Å². The third-order valence-corrected chi connectivity index (χ3v) is 3.22. The summed E-state index contributed by atoms with van der Waals surface area (Å²) in [6.45, 7) is -0.596. The Morgan fingerprint density at radius 1 is 1.14 bits per heavy atom. The summed E-state index contributed by atoms with van der Waals surface area (Å²) >= 11 is 0. The highest BCUT2D eigenvalue weighted by Crippen LogP contribution is 2.23. The number of hydrogen-bond acceptors (Lipinski definition) is 8. The minimum Gasteiger partial charge on any atom is -0.429 e. The number of esters is 1. The molecule has 8 heteroatoms. The SMILES string of the molecule is Nc1ccc(C(=O)OC2O[C@H](CO)[C@@H](O)[C@H](O)[C@H]2O)cc1. The zero-order valence-corrected chi connectivity index (χ0v) is 11.0. The highest BCUT2D eigenvalue weighted by Gasteiger charge is 2.45. The number of rotatable bonds is 3. The molecule has 21 heavy (non-hydrogen) atoms. The molecule has 8 nitrogen and oxygen atoms in total. The van der Waals surface area contributed by atoms with Crippen molar-refractivity contribution in [3.05, 3.63) is 29.8 Å². The predicted molar refractivity (Wildman–Crippen MR) is 70.0 cm³/mol. The van der Waals surface area contributed by atoms with Crippen LogP contribution in [0.2, 0.25) is 0 Å². The van der Waals surface area contributed by atoms with Crippen LogP contribution in [0.5, 0.6) is 0 Å². The number of benzene rings is 1. The van der Waals surface area contributed by atoms with Crippen LogP contribution in [0, 0.1) is 0 Å². The Morgan fingerprint density at radius 2 is 1.76 bits per heavy atom. The predicted octanol–water partition coefficient (Wildman–Crippen LogP) is -1.77. The van der Waals surface area contributed by atoms with E-state index in [0.717, 1.165) is 0 Å². The van der Waals surface area contributed by atoms with Gasteiger partial charge >= 0.3 is 5.97 Å². The standard InChI is InChI=1S/C13H17NO7/c14-7-3-1-6(2-4-7)12(19)21-13-11(18)10(17)9(16)8(5-15)20-13/h1-4,8-11,13,15-18H,5,14H2/t8-,9-,10+,11-,13?/m1/s1. The van der Waals surface area contributed by atoms with E-state index >= 15 is 0 Å². The number of aliphatic hydroxyl groups excluding tert-OH is 4. The third kappa shape index (κ3) is 3.31. The molecule has 1 aromatic rings. The van der Waals surface area contributed by atoms with Gasteiger partial charge in [0.15, 0.2) is 0 Å². The number of carbonyl (C=O) groups excluding carboxylic acids is 1. The molecule has 1 aliphatic heterocycles. The summed E-state index contributed by atoms with van der Waals surface area (Å²) in [7, 11) is 0. The zero-order chi connectivity index (χ0) is 15.6. The fourth-order valence-corrected chi connectivity index (χ4v) is 1.96. The molecule has 0 saturated carbocycles. The van der Waals surface area contributed by atoms with E-state index in [9.17, 15) is 20.1 Å². The van der Waals surface area contributed by atoms with Crippen molar-refractivity contribution in [2.24, 2.45) is 0 Å². The minimum absolute atomic E-state index is 0.182. The van der Waals surface area contributed by atoms with Crippen LogP contribution in [0.25, 0.3) is 0 Å². The summed E-state index contributed by atoms with van der Waals surface area (Å²) < 4.78 is 10.0. The normalized spacial score (nSPS) is 32.7. The molecule has 6 N–H and O–H groups in total. The van der Waals surface area contributed by atoms with E-state index in [0.29, 0.717) is 5.69 Å². The Bertz CT molecular complexity index is 490. The van der Waals surface area contributed by atoms with Gasteiger partial charge in [0.25, 0.3) is 0 Å². The van der Waals surface area contributed by atoms with E-state index in [1.165, 1.54) is 24.3 Å². The number of anilines is 1. The molecular weight excluding hydrogens is 282 g/mol. The van der Waals surface area contributed by atoms with E-state index in [1.54, 1.807) is 0 Å². The average molecular weight is 299 g/mol. The highest BCUT2D eigenvalue weighted by atomic mass is 16.7. The van der Waals surface area contributed by atoms with E-state index in [2.05, 4.69) is 0 Å². The van der Waals surface area contributed by atoms with Crippen molar-refractivity contribution in [1.29, 1.82) is 0 Å². The molecule has 116 valence electrons. The minimum atomic E-state index is -1.62. The maximum absolute atomic E-state index is 11.9. The number of nitrogens with two attached hydrogens (primary N) is 1. The first-order valence-corrected chi connectivity index (χ1v) is 6.31. The van der Waals surface area contributed by atoms with Crippen molar-refractivity contribution in [2.75, 3.05) is 12.3 Å². The molecule has 0 aromatic heterocycles. The monoisotopic (exact) mass is 299 g/mol. The highest BCUT2D eigenvalue weighted by molar-refractivity contribution is 5.89. The van der Waals surface area contributed by atoms with Crippen LogP contribution in [0.4, 0.5) is 5.69 Å². The molecule has 2 rings (SSSR count). The van der Waals surface area contributed by atoms with Crippen molar-refractivity contribution in [1.82, 2.24) is 0 Å². The van der Waals surface area contributed by atoms with Gasteiger partial charge < -0.3 is 35.6 Å². The van der Waals surface area contributed by atoms with Crippen LogP contribution in [0.15, 0.2) is 24.3 Å². The van der Waals surface area contributed by atoms with Gasteiger partial charge in [-0.2, -0.15) is 0 Å².